The highest BCUT2D eigenvalue weighted by Gasteiger charge is 2.16. The Kier molecular flexibility index (Phi) is 5.84. The Morgan fingerprint density at radius 1 is 0.931 bits per heavy atom. The lowest BCUT2D eigenvalue weighted by Crippen LogP contribution is -2.36. The number of aromatic nitrogens is 2. The summed E-state index contributed by atoms with van der Waals surface area (Å²) in [4.78, 5) is 21.1. The monoisotopic (exact) mass is 386 g/mol. The Hall–Kier alpha value is -3.21. The molecule has 1 saturated carbocycles. The van der Waals surface area contributed by atoms with Gasteiger partial charge in [-0.1, -0.05) is 49.1 Å². The van der Waals surface area contributed by atoms with Gasteiger partial charge < -0.3 is 10.6 Å². The van der Waals surface area contributed by atoms with E-state index in [0.717, 1.165) is 35.6 Å². The van der Waals surface area contributed by atoms with Gasteiger partial charge in [0.2, 0.25) is 0 Å². The topological polar surface area (TPSA) is 66.9 Å². The number of nitrogens with one attached hydrogen (secondary N) is 2. The van der Waals surface area contributed by atoms with Crippen LogP contribution in [0.25, 0.3) is 11.3 Å². The highest BCUT2D eigenvalue weighted by Crippen LogP contribution is 2.22. The average Bonchev–Trinajstić information content (AvgIpc) is 2.76. The first-order chi connectivity index (χ1) is 14.2. The number of amides is 1. The van der Waals surface area contributed by atoms with Crippen molar-refractivity contribution in [2.45, 2.75) is 45.1 Å². The normalized spacial score (nSPS) is 14.4. The van der Waals surface area contributed by atoms with Crippen LogP contribution in [-0.4, -0.2) is 21.9 Å². The third-order valence-electron chi connectivity index (χ3n) is 5.37. The van der Waals surface area contributed by atoms with E-state index in [1.54, 1.807) is 6.33 Å². The number of benzene rings is 2. The summed E-state index contributed by atoms with van der Waals surface area (Å²) in [5, 5.41) is 6.44. The molecule has 1 fully saturated rings. The van der Waals surface area contributed by atoms with Crippen molar-refractivity contribution < 1.29 is 4.79 Å². The van der Waals surface area contributed by atoms with E-state index in [2.05, 4.69) is 51.8 Å². The second-order valence-electron chi connectivity index (χ2n) is 7.67. The second-order valence-corrected chi connectivity index (χ2v) is 7.67. The second kappa shape index (κ2) is 8.86. The summed E-state index contributed by atoms with van der Waals surface area (Å²) in [5.74, 6) is 0.724. The minimum atomic E-state index is 0.00661. The van der Waals surface area contributed by atoms with Crippen LogP contribution in [0.3, 0.4) is 0 Å². The molecular weight excluding hydrogens is 360 g/mol. The molecule has 148 valence electrons. The van der Waals surface area contributed by atoms with Crippen molar-refractivity contribution >= 4 is 17.4 Å². The summed E-state index contributed by atoms with van der Waals surface area (Å²) in [6, 6.07) is 18.0. The lowest BCUT2D eigenvalue weighted by molar-refractivity contribution is 0.0928. The maximum atomic E-state index is 12.5. The standard InChI is InChI=1S/C24H26N4O/c1-17-7-9-18(10-8-17)22-15-23(26-16-25-22)27-21-13-11-19(12-14-21)24(29)28-20-5-3-2-4-6-20/h7-16,20H,2-6H2,1H3,(H,28,29)(H,25,26,27). The number of aryl methyl sites for hydroxylation is 1. The summed E-state index contributed by atoms with van der Waals surface area (Å²) in [5.41, 5.74) is 4.70. The van der Waals surface area contributed by atoms with E-state index in [-0.39, 0.29) is 5.91 Å². The molecular formula is C24H26N4O. The van der Waals surface area contributed by atoms with Crippen LogP contribution in [0.15, 0.2) is 60.9 Å². The molecule has 0 atom stereocenters. The van der Waals surface area contributed by atoms with E-state index < -0.39 is 0 Å². The van der Waals surface area contributed by atoms with Gasteiger partial charge in [-0.2, -0.15) is 0 Å². The Labute approximate surface area is 171 Å². The largest absolute Gasteiger partial charge is 0.349 e. The maximum Gasteiger partial charge on any atom is 0.251 e. The number of rotatable bonds is 5. The first-order valence-corrected chi connectivity index (χ1v) is 10.2. The molecule has 1 heterocycles. The van der Waals surface area contributed by atoms with Gasteiger partial charge in [0, 0.05) is 28.9 Å². The van der Waals surface area contributed by atoms with Gasteiger partial charge in [0.25, 0.3) is 5.91 Å². The maximum absolute atomic E-state index is 12.5. The van der Waals surface area contributed by atoms with Crippen LogP contribution in [0.5, 0.6) is 0 Å². The van der Waals surface area contributed by atoms with Gasteiger partial charge in [-0.05, 0) is 44.0 Å². The number of carbonyl (C=O) groups excluding carboxylic acids is 1. The first-order valence-electron chi connectivity index (χ1n) is 10.2. The van der Waals surface area contributed by atoms with E-state index in [0.29, 0.717) is 11.6 Å². The molecule has 2 aromatic carbocycles. The van der Waals surface area contributed by atoms with Crippen LogP contribution in [0.1, 0.15) is 48.0 Å². The van der Waals surface area contributed by atoms with E-state index >= 15 is 0 Å². The zero-order valence-corrected chi connectivity index (χ0v) is 16.7. The fourth-order valence-corrected chi connectivity index (χ4v) is 3.68. The minimum Gasteiger partial charge on any atom is -0.349 e. The molecule has 0 unspecified atom stereocenters. The fraction of sp³-hybridized carbons (Fsp3) is 0.292. The highest BCUT2D eigenvalue weighted by molar-refractivity contribution is 5.94. The van der Waals surface area contributed by atoms with Gasteiger partial charge >= 0.3 is 0 Å². The average molecular weight is 386 g/mol. The van der Waals surface area contributed by atoms with Crippen molar-refractivity contribution in [3.8, 4) is 11.3 Å². The Morgan fingerprint density at radius 3 is 2.38 bits per heavy atom. The van der Waals surface area contributed by atoms with Crippen molar-refractivity contribution in [3.63, 3.8) is 0 Å². The van der Waals surface area contributed by atoms with Crippen LogP contribution < -0.4 is 10.6 Å². The summed E-state index contributed by atoms with van der Waals surface area (Å²) in [6.45, 7) is 2.07. The zero-order valence-electron chi connectivity index (χ0n) is 16.7. The molecule has 1 amide bonds. The van der Waals surface area contributed by atoms with Gasteiger partial charge in [0.1, 0.15) is 12.1 Å². The molecule has 0 bridgehead atoms. The first kappa shape index (κ1) is 19.1. The van der Waals surface area contributed by atoms with Crippen LogP contribution in [-0.2, 0) is 0 Å². The number of nitrogens with zero attached hydrogens (tertiary/aromatic N) is 2. The van der Waals surface area contributed by atoms with Gasteiger partial charge in [-0.3, -0.25) is 4.79 Å². The van der Waals surface area contributed by atoms with Gasteiger partial charge in [-0.25, -0.2) is 9.97 Å². The number of hydrogen-bond acceptors (Lipinski definition) is 4. The summed E-state index contributed by atoms with van der Waals surface area (Å²) in [6.07, 6.45) is 7.42. The number of carbonyl (C=O) groups is 1. The molecule has 0 spiro atoms. The summed E-state index contributed by atoms with van der Waals surface area (Å²) >= 11 is 0. The molecule has 1 aliphatic carbocycles. The van der Waals surface area contributed by atoms with Gasteiger partial charge in [0.05, 0.1) is 5.69 Å². The van der Waals surface area contributed by atoms with Crippen LogP contribution in [0, 0.1) is 6.92 Å². The highest BCUT2D eigenvalue weighted by atomic mass is 16.1. The molecule has 0 aliphatic heterocycles. The molecule has 1 aliphatic rings. The number of hydrogen-bond donors (Lipinski definition) is 2. The third kappa shape index (κ3) is 4.99. The van der Waals surface area contributed by atoms with Crippen molar-refractivity contribution in [1.82, 2.24) is 15.3 Å². The van der Waals surface area contributed by atoms with Gasteiger partial charge in [0.15, 0.2) is 0 Å². The van der Waals surface area contributed by atoms with E-state index in [4.69, 9.17) is 0 Å². The third-order valence-corrected chi connectivity index (χ3v) is 5.37. The minimum absolute atomic E-state index is 0.00661. The molecule has 2 N–H and O–H groups in total. The molecule has 4 rings (SSSR count). The Bertz CT molecular complexity index is 961. The molecule has 5 heteroatoms. The molecule has 5 nitrogen and oxygen atoms in total. The van der Waals surface area contributed by atoms with Crippen molar-refractivity contribution in [2.24, 2.45) is 0 Å². The van der Waals surface area contributed by atoms with Crippen molar-refractivity contribution in [3.05, 3.63) is 72.1 Å². The molecule has 3 aromatic rings. The van der Waals surface area contributed by atoms with Crippen molar-refractivity contribution in [1.29, 1.82) is 0 Å². The lowest BCUT2D eigenvalue weighted by Gasteiger charge is -2.22. The quantitative estimate of drug-likeness (QED) is 0.628. The Balaban J connectivity index is 1.41. The van der Waals surface area contributed by atoms with Crippen molar-refractivity contribution in [2.75, 3.05) is 5.32 Å². The van der Waals surface area contributed by atoms with Crippen LogP contribution in [0.2, 0.25) is 0 Å². The fourth-order valence-electron chi connectivity index (χ4n) is 3.68. The summed E-state index contributed by atoms with van der Waals surface area (Å²) in [7, 11) is 0. The molecule has 0 radical (unpaired) electrons. The van der Waals surface area contributed by atoms with E-state index in [9.17, 15) is 4.79 Å². The van der Waals surface area contributed by atoms with Gasteiger partial charge in [-0.15, -0.1) is 0 Å². The number of anilines is 2. The molecule has 1 aromatic heterocycles. The SMILES string of the molecule is Cc1ccc(-c2cc(Nc3ccc(C(=O)NC4CCCCC4)cc3)ncn2)cc1. The van der Waals surface area contributed by atoms with E-state index in [1.165, 1.54) is 24.8 Å². The molecule has 0 saturated heterocycles. The molecule has 29 heavy (non-hydrogen) atoms. The zero-order chi connectivity index (χ0) is 20.1. The van der Waals surface area contributed by atoms with E-state index in [1.807, 2.05) is 30.3 Å². The van der Waals surface area contributed by atoms with Crippen LogP contribution in [0.4, 0.5) is 11.5 Å². The van der Waals surface area contributed by atoms with Crippen LogP contribution >= 0.6 is 0 Å². The summed E-state index contributed by atoms with van der Waals surface area (Å²) < 4.78 is 0. The Morgan fingerprint density at radius 2 is 1.66 bits per heavy atom. The lowest BCUT2D eigenvalue weighted by atomic mass is 9.95. The predicted octanol–water partition coefficient (Wildman–Crippen LogP) is 5.26. The smallest absolute Gasteiger partial charge is 0.251 e. The predicted molar refractivity (Wildman–Crippen MR) is 116 cm³/mol.